The van der Waals surface area contributed by atoms with E-state index in [2.05, 4.69) is 0 Å². The Kier molecular flexibility index (Phi) is 5.50. The zero-order valence-corrected chi connectivity index (χ0v) is 18.9. The number of para-hydroxylation sites is 1. The van der Waals surface area contributed by atoms with Crippen LogP contribution in [0.5, 0.6) is 0 Å². The number of nitrogens with zero attached hydrogens (tertiary/aromatic N) is 2. The first-order valence-corrected chi connectivity index (χ1v) is 12.3. The number of aryl methyl sites for hydroxylation is 3. The summed E-state index contributed by atoms with van der Waals surface area (Å²) < 4.78 is 1.71. The van der Waals surface area contributed by atoms with Crippen LogP contribution in [0.3, 0.4) is 0 Å². The van der Waals surface area contributed by atoms with Gasteiger partial charge in [0.05, 0.1) is 16.8 Å². The highest BCUT2D eigenvalue weighted by Gasteiger charge is 2.23. The largest absolute Gasteiger partial charge is 0.293 e. The second-order valence-corrected chi connectivity index (χ2v) is 9.82. The summed E-state index contributed by atoms with van der Waals surface area (Å²) in [5.74, 6) is 0.264. The summed E-state index contributed by atoms with van der Waals surface area (Å²) in [5.41, 5.74) is 3.67. The van der Waals surface area contributed by atoms with Crippen molar-refractivity contribution in [3.05, 3.63) is 86.5 Å². The maximum Gasteiger partial charge on any atom is 0.267 e. The second kappa shape index (κ2) is 8.44. The van der Waals surface area contributed by atoms with Crippen LogP contribution in [0, 0.1) is 6.92 Å². The van der Waals surface area contributed by atoms with E-state index in [9.17, 15) is 9.59 Å². The normalized spacial score (nSPS) is 13.3. The van der Waals surface area contributed by atoms with Gasteiger partial charge in [-0.1, -0.05) is 60.3 Å². The Morgan fingerprint density at radius 2 is 1.81 bits per heavy atom. The van der Waals surface area contributed by atoms with E-state index in [0.717, 1.165) is 40.7 Å². The van der Waals surface area contributed by atoms with E-state index in [1.807, 2.05) is 61.5 Å². The average molecular weight is 447 g/mol. The van der Waals surface area contributed by atoms with E-state index in [-0.39, 0.29) is 17.1 Å². The average Bonchev–Trinajstić information content (AvgIpc) is 3.17. The summed E-state index contributed by atoms with van der Waals surface area (Å²) in [4.78, 5) is 33.5. The molecule has 0 radical (unpaired) electrons. The van der Waals surface area contributed by atoms with Gasteiger partial charge < -0.3 is 0 Å². The van der Waals surface area contributed by atoms with Gasteiger partial charge in [-0.3, -0.25) is 14.2 Å². The van der Waals surface area contributed by atoms with Crippen molar-refractivity contribution in [3.8, 4) is 5.69 Å². The Balaban J connectivity index is 1.64. The van der Waals surface area contributed by atoms with Crippen LogP contribution < -0.4 is 5.56 Å². The number of aromatic nitrogens is 2. The molecule has 0 bridgehead atoms. The molecule has 0 fully saturated rings. The first-order valence-electron chi connectivity index (χ1n) is 10.5. The summed E-state index contributed by atoms with van der Waals surface area (Å²) in [6.07, 6.45) is 4.25. The smallest absolute Gasteiger partial charge is 0.267 e. The predicted molar refractivity (Wildman–Crippen MR) is 128 cm³/mol. The number of hydrogen-bond acceptors (Lipinski definition) is 5. The Labute approximate surface area is 189 Å². The Morgan fingerprint density at radius 3 is 2.61 bits per heavy atom. The minimum absolute atomic E-state index is 0.0200. The topological polar surface area (TPSA) is 52.0 Å². The molecule has 0 saturated carbocycles. The fraction of sp³-hybridized carbons (Fsp3) is 0.240. The monoisotopic (exact) mass is 446 g/mol. The number of carbonyl (C=O) groups is 1. The molecule has 0 saturated heterocycles. The number of carbonyl (C=O) groups excluding carboxylic acids is 1. The van der Waals surface area contributed by atoms with Gasteiger partial charge in [0.15, 0.2) is 10.9 Å². The number of ketones is 1. The van der Waals surface area contributed by atoms with Crippen molar-refractivity contribution in [2.45, 2.75) is 37.8 Å². The molecule has 2 aromatic heterocycles. The number of thioether (sulfide) groups is 1. The van der Waals surface area contributed by atoms with Crippen molar-refractivity contribution in [2.75, 3.05) is 5.75 Å². The van der Waals surface area contributed by atoms with Crippen LogP contribution in [-0.4, -0.2) is 21.1 Å². The maximum absolute atomic E-state index is 13.8. The van der Waals surface area contributed by atoms with Gasteiger partial charge in [0.25, 0.3) is 5.56 Å². The third-order valence-electron chi connectivity index (χ3n) is 5.74. The molecular weight excluding hydrogens is 424 g/mol. The number of hydrogen-bond donors (Lipinski definition) is 0. The number of Topliss-reactive ketones (excluding diaryl/α,β-unsaturated/α-hetero) is 1. The van der Waals surface area contributed by atoms with Crippen LogP contribution >= 0.6 is 23.1 Å². The number of benzene rings is 2. The van der Waals surface area contributed by atoms with E-state index in [4.69, 9.17) is 4.98 Å². The fourth-order valence-electron chi connectivity index (χ4n) is 4.15. The van der Waals surface area contributed by atoms with Gasteiger partial charge in [0, 0.05) is 10.4 Å². The Morgan fingerprint density at radius 1 is 1.06 bits per heavy atom. The SMILES string of the molecule is Cc1ccccc1-n1c(SCC(=O)c2ccccc2)nc2sc3c(c2c1=O)CCCC3. The molecule has 31 heavy (non-hydrogen) atoms. The molecule has 5 rings (SSSR count). The molecule has 0 unspecified atom stereocenters. The van der Waals surface area contributed by atoms with E-state index < -0.39 is 0 Å². The number of thiophene rings is 1. The Bertz CT molecular complexity index is 1340. The highest BCUT2D eigenvalue weighted by molar-refractivity contribution is 7.99. The van der Waals surface area contributed by atoms with E-state index in [1.165, 1.54) is 28.6 Å². The highest BCUT2D eigenvalue weighted by Crippen LogP contribution is 2.35. The van der Waals surface area contributed by atoms with Crippen LogP contribution in [-0.2, 0) is 12.8 Å². The maximum atomic E-state index is 13.8. The van der Waals surface area contributed by atoms with Crippen LogP contribution in [0.2, 0.25) is 0 Å². The Hall–Kier alpha value is -2.70. The lowest BCUT2D eigenvalue weighted by atomic mass is 9.97. The molecule has 2 aromatic carbocycles. The minimum Gasteiger partial charge on any atom is -0.293 e. The zero-order valence-electron chi connectivity index (χ0n) is 17.3. The van der Waals surface area contributed by atoms with Crippen LogP contribution in [0.25, 0.3) is 15.9 Å². The molecule has 0 N–H and O–H groups in total. The van der Waals surface area contributed by atoms with Gasteiger partial charge in [-0.2, -0.15) is 0 Å². The summed E-state index contributed by atoms with van der Waals surface area (Å²) in [6, 6.07) is 17.1. The van der Waals surface area contributed by atoms with E-state index >= 15 is 0 Å². The first-order chi connectivity index (χ1) is 15.1. The molecule has 0 atom stereocenters. The quantitative estimate of drug-likeness (QED) is 0.227. The molecule has 6 heteroatoms. The third kappa shape index (κ3) is 3.75. The summed E-state index contributed by atoms with van der Waals surface area (Å²) in [7, 11) is 0. The molecule has 2 heterocycles. The molecule has 4 nitrogen and oxygen atoms in total. The van der Waals surface area contributed by atoms with Crippen molar-refractivity contribution >= 4 is 39.1 Å². The molecule has 156 valence electrons. The lowest BCUT2D eigenvalue weighted by Gasteiger charge is -2.15. The molecule has 1 aliphatic rings. The molecular formula is C25H22N2O2S2. The number of rotatable bonds is 5. The van der Waals surface area contributed by atoms with Crippen LogP contribution in [0.1, 0.15) is 39.2 Å². The van der Waals surface area contributed by atoms with Gasteiger partial charge in [-0.15, -0.1) is 11.3 Å². The van der Waals surface area contributed by atoms with Gasteiger partial charge in [0.2, 0.25) is 0 Å². The standard InChI is InChI=1S/C25H22N2O2S2/c1-16-9-5-7-13-19(16)27-24(29)22-18-12-6-8-14-21(18)31-23(22)26-25(27)30-15-20(28)17-10-3-2-4-11-17/h2-5,7,9-11,13H,6,8,12,14-15H2,1H3. The second-order valence-electron chi connectivity index (χ2n) is 7.79. The van der Waals surface area contributed by atoms with Gasteiger partial charge in [-0.25, -0.2) is 4.98 Å². The number of fused-ring (bicyclic) bond motifs is 3. The minimum atomic E-state index is -0.0200. The van der Waals surface area contributed by atoms with Crippen molar-refractivity contribution in [3.63, 3.8) is 0 Å². The fourth-order valence-corrected chi connectivity index (χ4v) is 6.35. The van der Waals surface area contributed by atoms with Gasteiger partial charge >= 0.3 is 0 Å². The summed E-state index contributed by atoms with van der Waals surface area (Å²) in [6.45, 7) is 2.00. The molecule has 0 aliphatic heterocycles. The summed E-state index contributed by atoms with van der Waals surface area (Å²) >= 11 is 2.98. The summed E-state index contributed by atoms with van der Waals surface area (Å²) in [5, 5.41) is 1.34. The molecule has 0 spiro atoms. The molecule has 4 aromatic rings. The van der Waals surface area contributed by atoms with Crippen molar-refractivity contribution in [1.29, 1.82) is 0 Å². The van der Waals surface area contributed by atoms with Crippen LogP contribution in [0.4, 0.5) is 0 Å². The third-order valence-corrected chi connectivity index (χ3v) is 7.87. The van der Waals surface area contributed by atoms with E-state index in [0.29, 0.717) is 10.7 Å². The molecule has 0 amide bonds. The lowest BCUT2D eigenvalue weighted by molar-refractivity contribution is 0.102. The first kappa shape index (κ1) is 20.2. The highest BCUT2D eigenvalue weighted by atomic mass is 32.2. The van der Waals surface area contributed by atoms with Gasteiger partial charge in [-0.05, 0) is 49.8 Å². The lowest BCUT2D eigenvalue weighted by Crippen LogP contribution is -2.23. The van der Waals surface area contributed by atoms with E-state index in [1.54, 1.807) is 15.9 Å². The van der Waals surface area contributed by atoms with Crippen molar-refractivity contribution < 1.29 is 4.79 Å². The van der Waals surface area contributed by atoms with Gasteiger partial charge in [0.1, 0.15) is 4.83 Å². The predicted octanol–water partition coefficient (Wildman–Crippen LogP) is 5.61. The molecule has 1 aliphatic carbocycles. The van der Waals surface area contributed by atoms with Crippen molar-refractivity contribution in [1.82, 2.24) is 9.55 Å². The van der Waals surface area contributed by atoms with Crippen LogP contribution in [0.15, 0.2) is 64.5 Å². The zero-order chi connectivity index (χ0) is 21.4. The van der Waals surface area contributed by atoms with Crippen molar-refractivity contribution in [2.24, 2.45) is 0 Å².